The summed E-state index contributed by atoms with van der Waals surface area (Å²) in [5.41, 5.74) is 11.9. The van der Waals surface area contributed by atoms with Gasteiger partial charge in [0.25, 0.3) is 0 Å². The van der Waals surface area contributed by atoms with Gasteiger partial charge >= 0.3 is 0 Å². The maximum Gasteiger partial charge on any atom is 0.164 e. The first kappa shape index (κ1) is 36.9. The third-order valence-corrected chi connectivity index (χ3v) is 14.7. The van der Waals surface area contributed by atoms with Crippen LogP contribution >= 0.6 is 11.3 Å². The highest BCUT2D eigenvalue weighted by Crippen LogP contribution is 2.49. The van der Waals surface area contributed by atoms with Crippen molar-refractivity contribution in [2.45, 2.75) is 51.4 Å². The molecule has 0 N–H and O–H groups in total. The van der Waals surface area contributed by atoms with Gasteiger partial charge in [-0.1, -0.05) is 137 Å². The van der Waals surface area contributed by atoms with E-state index in [4.69, 9.17) is 15.0 Å². The van der Waals surface area contributed by atoms with Crippen molar-refractivity contribution in [3.63, 3.8) is 0 Å². The largest absolute Gasteiger partial charge is 0.309 e. The standard InChI is InChI=1S/C57H44N4S/c1-56(2)30-31-57(3,4)48-34-49-45(33-47(48)56)44-28-24-37-14-8-9-15-42(37)52(44)61(49)41-26-22-39(23-27-41)54-58-53(38-20-18-36(19-21-38)35-12-6-5-7-13-35)59-55(60-54)40-25-29-51-46(32-40)43-16-10-11-17-50(43)62-51/h5-29,32-34H,30-31H2,1-4H3. The quantitative estimate of drug-likeness (QED) is 0.174. The van der Waals surface area contributed by atoms with Crippen LogP contribution in [0.2, 0.25) is 0 Å². The molecule has 1 aliphatic carbocycles. The number of hydrogen-bond acceptors (Lipinski definition) is 4. The van der Waals surface area contributed by atoms with Crippen LogP contribution in [0, 0.1) is 0 Å². The molecule has 0 radical (unpaired) electrons. The minimum Gasteiger partial charge on any atom is -0.309 e. The summed E-state index contributed by atoms with van der Waals surface area (Å²) in [6, 6.07) is 61.5. The highest BCUT2D eigenvalue weighted by atomic mass is 32.1. The summed E-state index contributed by atoms with van der Waals surface area (Å²) < 4.78 is 5.02. The number of fused-ring (bicyclic) bond motifs is 9. The van der Waals surface area contributed by atoms with E-state index in [2.05, 4.69) is 196 Å². The lowest BCUT2D eigenvalue weighted by Gasteiger charge is -2.42. The number of benzene rings is 8. The molecule has 3 aromatic heterocycles. The molecule has 0 aliphatic heterocycles. The van der Waals surface area contributed by atoms with Crippen LogP contribution in [0.4, 0.5) is 0 Å². The zero-order valence-electron chi connectivity index (χ0n) is 35.3. The van der Waals surface area contributed by atoms with E-state index in [0.717, 1.165) is 27.9 Å². The van der Waals surface area contributed by atoms with Gasteiger partial charge in [0.2, 0.25) is 0 Å². The Hall–Kier alpha value is -6.95. The van der Waals surface area contributed by atoms with Crippen molar-refractivity contribution < 1.29 is 0 Å². The van der Waals surface area contributed by atoms with Crippen LogP contribution in [0.3, 0.4) is 0 Å². The molecular weight excluding hydrogens is 773 g/mol. The fourth-order valence-electron chi connectivity index (χ4n) is 9.94. The van der Waals surface area contributed by atoms with Crippen molar-refractivity contribution in [1.82, 2.24) is 19.5 Å². The van der Waals surface area contributed by atoms with Crippen molar-refractivity contribution in [3.05, 3.63) is 181 Å². The predicted molar refractivity (Wildman–Crippen MR) is 262 cm³/mol. The molecule has 0 atom stereocenters. The molecule has 1 aliphatic rings. The lowest BCUT2D eigenvalue weighted by Crippen LogP contribution is -2.33. The van der Waals surface area contributed by atoms with Crippen molar-refractivity contribution in [1.29, 1.82) is 0 Å². The van der Waals surface area contributed by atoms with Crippen LogP contribution in [0.15, 0.2) is 170 Å². The molecule has 5 heteroatoms. The number of aromatic nitrogens is 4. The molecule has 0 saturated carbocycles. The van der Waals surface area contributed by atoms with E-state index in [1.165, 1.54) is 82.3 Å². The Morgan fingerprint density at radius 3 is 1.69 bits per heavy atom. The molecule has 298 valence electrons. The molecule has 0 spiro atoms. The van der Waals surface area contributed by atoms with Crippen LogP contribution < -0.4 is 0 Å². The number of hydrogen-bond donors (Lipinski definition) is 0. The van der Waals surface area contributed by atoms with E-state index in [0.29, 0.717) is 17.5 Å². The lowest BCUT2D eigenvalue weighted by atomic mass is 9.63. The molecule has 8 aromatic carbocycles. The molecule has 12 rings (SSSR count). The van der Waals surface area contributed by atoms with E-state index in [9.17, 15) is 0 Å². The van der Waals surface area contributed by atoms with Crippen molar-refractivity contribution >= 4 is 64.1 Å². The second kappa shape index (κ2) is 13.8. The zero-order chi connectivity index (χ0) is 41.7. The van der Waals surface area contributed by atoms with Crippen LogP contribution in [-0.4, -0.2) is 19.5 Å². The van der Waals surface area contributed by atoms with Crippen LogP contribution in [-0.2, 0) is 10.8 Å². The SMILES string of the molecule is CC1(C)CCC(C)(C)c2cc3c(cc21)c1ccc2ccccc2c1n3-c1ccc(-c2nc(-c3ccc(-c4ccccc4)cc3)nc(-c3ccc4sc5ccccc5c4c3)n2)cc1. The highest BCUT2D eigenvalue weighted by molar-refractivity contribution is 7.25. The van der Waals surface area contributed by atoms with Crippen LogP contribution in [0.5, 0.6) is 0 Å². The number of thiophene rings is 1. The van der Waals surface area contributed by atoms with Gasteiger partial charge in [-0.15, -0.1) is 11.3 Å². The van der Waals surface area contributed by atoms with E-state index in [-0.39, 0.29) is 10.8 Å². The van der Waals surface area contributed by atoms with Gasteiger partial charge in [0.05, 0.1) is 11.0 Å². The first-order valence-corrected chi connectivity index (χ1v) is 22.5. The fraction of sp³-hybridized carbons (Fsp3) is 0.140. The molecular formula is C57H44N4S. The Balaban J connectivity index is 1.03. The van der Waals surface area contributed by atoms with E-state index in [1.54, 1.807) is 0 Å². The minimum absolute atomic E-state index is 0.0866. The van der Waals surface area contributed by atoms with Gasteiger partial charge in [0, 0.05) is 58.7 Å². The molecule has 4 nitrogen and oxygen atoms in total. The van der Waals surface area contributed by atoms with Gasteiger partial charge in [-0.3, -0.25) is 0 Å². The molecule has 3 heterocycles. The first-order chi connectivity index (χ1) is 30.2. The molecule has 0 amide bonds. The van der Waals surface area contributed by atoms with Crippen molar-refractivity contribution in [2.75, 3.05) is 0 Å². The normalized spacial score (nSPS) is 14.6. The number of rotatable bonds is 5. The summed E-state index contributed by atoms with van der Waals surface area (Å²) >= 11 is 1.82. The molecule has 11 aromatic rings. The summed E-state index contributed by atoms with van der Waals surface area (Å²) in [4.78, 5) is 15.6. The Labute approximate surface area is 365 Å². The van der Waals surface area contributed by atoms with Crippen LogP contribution in [0.25, 0.3) is 104 Å². The zero-order valence-corrected chi connectivity index (χ0v) is 36.1. The summed E-state index contributed by atoms with van der Waals surface area (Å²) in [7, 11) is 0. The maximum absolute atomic E-state index is 5.22. The average molecular weight is 817 g/mol. The monoisotopic (exact) mass is 816 g/mol. The topological polar surface area (TPSA) is 43.6 Å². The maximum atomic E-state index is 5.22. The van der Waals surface area contributed by atoms with Crippen molar-refractivity contribution in [2.24, 2.45) is 0 Å². The van der Waals surface area contributed by atoms with Crippen molar-refractivity contribution in [3.8, 4) is 51.0 Å². The third kappa shape index (κ3) is 5.90. The molecule has 0 saturated heterocycles. The van der Waals surface area contributed by atoms with Gasteiger partial charge < -0.3 is 4.57 Å². The highest BCUT2D eigenvalue weighted by Gasteiger charge is 2.38. The van der Waals surface area contributed by atoms with Crippen LogP contribution in [0.1, 0.15) is 51.7 Å². The fourth-order valence-corrected chi connectivity index (χ4v) is 11.0. The van der Waals surface area contributed by atoms with Gasteiger partial charge in [-0.2, -0.15) is 0 Å². The van der Waals surface area contributed by atoms with E-state index in [1.807, 2.05) is 17.4 Å². The minimum atomic E-state index is 0.0866. The second-order valence-electron chi connectivity index (χ2n) is 18.3. The smallest absolute Gasteiger partial charge is 0.164 e. The van der Waals surface area contributed by atoms with Gasteiger partial charge in [0.1, 0.15) is 0 Å². The van der Waals surface area contributed by atoms with E-state index >= 15 is 0 Å². The molecule has 62 heavy (non-hydrogen) atoms. The number of nitrogens with zero attached hydrogens (tertiary/aromatic N) is 4. The van der Waals surface area contributed by atoms with Gasteiger partial charge in [-0.05, 0) is 112 Å². The Morgan fingerprint density at radius 2 is 0.968 bits per heavy atom. The van der Waals surface area contributed by atoms with Gasteiger partial charge in [-0.25, -0.2) is 15.0 Å². The van der Waals surface area contributed by atoms with E-state index < -0.39 is 0 Å². The Kier molecular flexibility index (Phi) is 8.20. The summed E-state index contributed by atoms with van der Waals surface area (Å²) in [5, 5.41) is 7.55. The Bertz CT molecular complexity index is 3560. The predicted octanol–water partition coefficient (Wildman–Crippen LogP) is 15.5. The third-order valence-electron chi connectivity index (χ3n) is 13.5. The molecule has 0 fully saturated rings. The molecule has 0 unspecified atom stereocenters. The summed E-state index contributed by atoms with van der Waals surface area (Å²) in [6.07, 6.45) is 2.35. The van der Waals surface area contributed by atoms with Gasteiger partial charge in [0.15, 0.2) is 17.5 Å². The summed E-state index contributed by atoms with van der Waals surface area (Å²) in [6.45, 7) is 9.67. The molecule has 0 bridgehead atoms. The Morgan fingerprint density at radius 1 is 0.419 bits per heavy atom. The lowest BCUT2D eigenvalue weighted by molar-refractivity contribution is 0.332. The average Bonchev–Trinajstić information content (AvgIpc) is 3.86. The first-order valence-electron chi connectivity index (χ1n) is 21.6. The second-order valence-corrected chi connectivity index (χ2v) is 19.4. The summed E-state index contributed by atoms with van der Waals surface area (Å²) in [5.74, 6) is 1.94.